The highest BCUT2D eigenvalue weighted by Crippen LogP contribution is 2.21. The molecule has 7 N–H and O–H groups in total. The number of hydrogen-bond acceptors (Lipinski definition) is 8. The van der Waals surface area contributed by atoms with Crippen LogP contribution in [0, 0.1) is 0 Å². The summed E-state index contributed by atoms with van der Waals surface area (Å²) in [7, 11) is 0. The Morgan fingerprint density at radius 3 is 1.72 bits per heavy atom. The van der Waals surface area contributed by atoms with Crippen molar-refractivity contribution in [3.63, 3.8) is 0 Å². The first-order valence-electron chi connectivity index (χ1n) is 19.7. The number of carbonyl (C=O) groups is 7. The number of carbonyl (C=O) groups excluding carboxylic acids is 6. The molecule has 0 fully saturated rings. The van der Waals surface area contributed by atoms with Crippen molar-refractivity contribution in [2.45, 2.75) is 69.2 Å². The van der Waals surface area contributed by atoms with Crippen molar-refractivity contribution in [3.05, 3.63) is 148 Å². The third-order valence-electron chi connectivity index (χ3n) is 10.0. The van der Waals surface area contributed by atoms with Crippen molar-refractivity contribution in [1.29, 1.82) is 0 Å². The highest BCUT2D eigenvalue weighted by molar-refractivity contribution is 7.09. The zero-order chi connectivity index (χ0) is 43.3. The maximum atomic E-state index is 14.5. The van der Waals surface area contributed by atoms with Crippen molar-refractivity contribution >= 4 is 58.4 Å². The number of carboxylic acids is 1. The average molecular weight is 843 g/mol. The van der Waals surface area contributed by atoms with Gasteiger partial charge in [0.1, 0.15) is 30.2 Å². The number of rotatable bonds is 9. The highest BCUT2D eigenvalue weighted by Gasteiger charge is 2.34. The van der Waals surface area contributed by atoms with Gasteiger partial charge in [0.2, 0.25) is 35.4 Å². The molecule has 14 nitrogen and oxygen atoms in total. The van der Waals surface area contributed by atoms with Gasteiger partial charge >= 0.3 is 5.97 Å². The lowest BCUT2D eigenvalue weighted by atomic mass is 9.99. The van der Waals surface area contributed by atoms with Crippen LogP contribution >= 0.6 is 11.3 Å². The van der Waals surface area contributed by atoms with E-state index < -0.39 is 78.0 Å². The third-order valence-corrected chi connectivity index (χ3v) is 10.9. The van der Waals surface area contributed by atoms with Crippen LogP contribution < -0.4 is 31.9 Å². The van der Waals surface area contributed by atoms with Crippen LogP contribution in [0.5, 0.6) is 0 Å². The number of thiophene rings is 1. The summed E-state index contributed by atoms with van der Waals surface area (Å²) in [4.78, 5) is 95.6. The second kappa shape index (κ2) is 20.7. The molecule has 314 valence electrons. The molecule has 15 heteroatoms. The Labute approximate surface area is 356 Å². The van der Waals surface area contributed by atoms with E-state index in [2.05, 4.69) is 31.9 Å². The number of carboxylic acid groups (broad SMARTS) is 1. The fourth-order valence-electron chi connectivity index (χ4n) is 6.91. The summed E-state index contributed by atoms with van der Waals surface area (Å²) in [5.41, 5.74) is 4.11. The van der Waals surface area contributed by atoms with Crippen LogP contribution in [-0.4, -0.2) is 76.7 Å². The Kier molecular flexibility index (Phi) is 14.8. The first kappa shape index (κ1) is 43.4. The van der Waals surface area contributed by atoms with Crippen LogP contribution in [0.15, 0.2) is 127 Å². The largest absolute Gasteiger partial charge is 0.480 e. The zero-order valence-corrected chi connectivity index (χ0v) is 34.1. The number of aliphatic carboxylic acids is 1. The summed E-state index contributed by atoms with van der Waals surface area (Å²) in [6, 6.07) is 29.2. The topological polar surface area (TPSA) is 212 Å². The summed E-state index contributed by atoms with van der Waals surface area (Å²) in [6.45, 7) is 1.20. The molecule has 2 aliphatic rings. The molecule has 5 atom stereocenters. The number of nitrogens with one attached hydrogen (secondary N) is 6. The van der Waals surface area contributed by atoms with Gasteiger partial charge in [-0.25, -0.2) is 4.79 Å². The van der Waals surface area contributed by atoms with Gasteiger partial charge in [0, 0.05) is 43.2 Å². The SMILES string of the molecule is CC(=O)N[C@@H]1CC(=O)Nc2ccc(cc2)C[C@@H](C(=O)O)NC(=O)[C@@H](Cc2ccccc2)NC(=O)[C@H](Cc2ccc(-c3ccccc3)cc2)NC(=O)[C@@H](Cc2cccs2)NC1=O. The molecule has 1 aromatic heterocycles. The number of amides is 6. The van der Waals surface area contributed by atoms with Crippen LogP contribution in [0.3, 0.4) is 0 Å². The summed E-state index contributed by atoms with van der Waals surface area (Å²) in [6.07, 6.45) is -0.645. The summed E-state index contributed by atoms with van der Waals surface area (Å²) < 4.78 is 0. The third kappa shape index (κ3) is 12.7. The molecule has 0 radical (unpaired) electrons. The van der Waals surface area contributed by atoms with E-state index in [-0.39, 0.29) is 25.7 Å². The molecular formula is C46H46N6O8S. The first-order chi connectivity index (χ1) is 29.4. The lowest BCUT2D eigenvalue weighted by Gasteiger charge is -2.27. The lowest BCUT2D eigenvalue weighted by Crippen LogP contribution is -2.60. The standard InChI is InChI=1S/C46H46N6O8S/c1-28(53)47-39-27-41(54)48-34-20-16-31(17-21-34)25-40(46(59)60)52-43(56)36(23-29-9-4-2-5-10-29)49-42(55)37(24-30-14-18-33(19-15-30)32-11-6-3-7-12-32)50-44(57)38(51-45(39)58)26-35-13-8-22-61-35/h2-22,36-40H,23-27H2,1H3,(H,47,53)(H,48,54)(H,49,55)(H,50,57)(H,51,58)(H,52,56)(H,59,60)/t36-,37+,38-,39-,40+/m1/s1. The first-order valence-corrected chi connectivity index (χ1v) is 20.6. The van der Waals surface area contributed by atoms with Gasteiger partial charge in [-0.3, -0.25) is 28.8 Å². The molecular weight excluding hydrogens is 797 g/mol. The van der Waals surface area contributed by atoms with Crippen LogP contribution in [0.25, 0.3) is 11.1 Å². The fraction of sp³-hybridized carbons (Fsp3) is 0.239. The quantitative estimate of drug-likeness (QED) is 0.109. The van der Waals surface area contributed by atoms with E-state index in [0.717, 1.165) is 16.0 Å². The van der Waals surface area contributed by atoms with Crippen LogP contribution in [0.4, 0.5) is 5.69 Å². The Balaban J connectivity index is 1.38. The molecule has 3 heterocycles. The molecule has 5 aromatic rings. The zero-order valence-electron chi connectivity index (χ0n) is 33.3. The number of anilines is 1. The monoisotopic (exact) mass is 842 g/mol. The maximum Gasteiger partial charge on any atom is 0.326 e. The highest BCUT2D eigenvalue weighted by atomic mass is 32.1. The van der Waals surface area contributed by atoms with Gasteiger partial charge in [0.05, 0.1) is 6.42 Å². The van der Waals surface area contributed by atoms with Crippen molar-refractivity contribution in [3.8, 4) is 11.1 Å². The molecule has 7 rings (SSSR count). The number of benzene rings is 4. The Morgan fingerprint density at radius 1 is 0.607 bits per heavy atom. The van der Waals surface area contributed by atoms with E-state index in [1.807, 2.05) is 60.0 Å². The molecule has 0 aliphatic carbocycles. The molecule has 6 amide bonds. The smallest absolute Gasteiger partial charge is 0.326 e. The van der Waals surface area contributed by atoms with Gasteiger partial charge in [-0.05, 0) is 51.4 Å². The van der Waals surface area contributed by atoms with Gasteiger partial charge in [0.25, 0.3) is 0 Å². The second-order valence-corrected chi connectivity index (χ2v) is 15.8. The van der Waals surface area contributed by atoms with E-state index in [4.69, 9.17) is 0 Å². The van der Waals surface area contributed by atoms with Gasteiger partial charge in [-0.2, -0.15) is 0 Å². The van der Waals surface area contributed by atoms with E-state index in [1.54, 1.807) is 66.7 Å². The van der Waals surface area contributed by atoms with Gasteiger partial charge in [0.15, 0.2) is 0 Å². The number of fused-ring (bicyclic) bond motifs is 18. The minimum absolute atomic E-state index is 0.00676. The van der Waals surface area contributed by atoms with Gasteiger partial charge < -0.3 is 37.0 Å². The van der Waals surface area contributed by atoms with Crippen molar-refractivity contribution in [1.82, 2.24) is 26.6 Å². The maximum absolute atomic E-state index is 14.5. The normalized spacial score (nSPS) is 20.5. The Morgan fingerprint density at radius 2 is 1.15 bits per heavy atom. The summed E-state index contributed by atoms with van der Waals surface area (Å²) >= 11 is 1.35. The molecule has 0 saturated carbocycles. The Bertz CT molecular complexity index is 2320. The van der Waals surface area contributed by atoms with Crippen molar-refractivity contribution < 1.29 is 38.7 Å². The predicted molar refractivity (Wildman–Crippen MR) is 230 cm³/mol. The minimum Gasteiger partial charge on any atom is -0.480 e. The molecule has 0 spiro atoms. The lowest BCUT2D eigenvalue weighted by molar-refractivity contribution is -0.142. The predicted octanol–water partition coefficient (Wildman–Crippen LogP) is 3.56. The minimum atomic E-state index is -1.40. The summed E-state index contributed by atoms with van der Waals surface area (Å²) in [5.74, 6) is -5.56. The molecule has 61 heavy (non-hydrogen) atoms. The van der Waals surface area contributed by atoms with Gasteiger partial charge in [-0.15, -0.1) is 11.3 Å². The van der Waals surface area contributed by atoms with E-state index in [0.29, 0.717) is 22.4 Å². The molecule has 0 unspecified atom stereocenters. The summed E-state index contributed by atoms with van der Waals surface area (Å²) in [5, 5.41) is 28.1. The fourth-order valence-corrected chi connectivity index (χ4v) is 7.66. The van der Waals surface area contributed by atoms with Gasteiger partial charge in [-0.1, -0.05) is 103 Å². The molecule has 2 bridgehead atoms. The van der Waals surface area contributed by atoms with E-state index in [9.17, 15) is 38.7 Å². The molecule has 0 saturated heterocycles. The van der Waals surface area contributed by atoms with Crippen LogP contribution in [0.2, 0.25) is 0 Å². The van der Waals surface area contributed by atoms with Crippen molar-refractivity contribution in [2.75, 3.05) is 5.32 Å². The Hall–Kier alpha value is -7.13. The van der Waals surface area contributed by atoms with Crippen molar-refractivity contribution in [2.24, 2.45) is 0 Å². The van der Waals surface area contributed by atoms with E-state index >= 15 is 0 Å². The number of hydrogen-bond donors (Lipinski definition) is 7. The van der Waals surface area contributed by atoms with Crippen LogP contribution in [-0.2, 0) is 59.2 Å². The average Bonchev–Trinajstić information content (AvgIpc) is 3.76. The second-order valence-electron chi connectivity index (χ2n) is 14.7. The molecule has 2 aliphatic heterocycles. The van der Waals surface area contributed by atoms with Crippen LogP contribution in [0.1, 0.15) is 34.9 Å². The molecule has 4 aromatic carbocycles. The van der Waals surface area contributed by atoms with E-state index in [1.165, 1.54) is 18.3 Å².